The van der Waals surface area contributed by atoms with Gasteiger partial charge in [-0.15, -0.1) is 0 Å². The Labute approximate surface area is 165 Å². The van der Waals surface area contributed by atoms with Gasteiger partial charge in [0, 0.05) is 23.1 Å². The molecule has 11 heteroatoms. The smallest absolute Gasteiger partial charge is 0.260 e. The van der Waals surface area contributed by atoms with E-state index in [-0.39, 0.29) is 24.4 Å². The van der Waals surface area contributed by atoms with Crippen LogP contribution >= 0.6 is 15.9 Å². The van der Waals surface area contributed by atoms with Crippen molar-refractivity contribution in [2.75, 3.05) is 6.54 Å². The van der Waals surface area contributed by atoms with Gasteiger partial charge in [-0.1, -0.05) is 15.9 Å². The van der Waals surface area contributed by atoms with Crippen LogP contribution in [0.5, 0.6) is 0 Å². The van der Waals surface area contributed by atoms with Gasteiger partial charge in [0.25, 0.3) is 5.91 Å². The monoisotopic (exact) mass is 457 g/mol. The highest BCUT2D eigenvalue weighted by molar-refractivity contribution is 9.10. The average Bonchev–Trinajstić information content (AvgIpc) is 2.90. The van der Waals surface area contributed by atoms with Crippen molar-refractivity contribution in [1.82, 2.24) is 25.4 Å². The molecule has 0 aliphatic carbocycles. The Bertz CT molecular complexity index is 925. The Balaban J connectivity index is 1.73. The van der Waals surface area contributed by atoms with Gasteiger partial charge in [0.2, 0.25) is 15.9 Å². The van der Waals surface area contributed by atoms with E-state index < -0.39 is 21.8 Å². The molecule has 1 aromatic carbocycles. The van der Waals surface area contributed by atoms with Gasteiger partial charge in [-0.2, -0.15) is 5.10 Å². The molecule has 0 bridgehead atoms. The van der Waals surface area contributed by atoms with E-state index in [1.165, 1.54) is 16.8 Å². The molecule has 2 amide bonds. The Morgan fingerprint density at radius 3 is 2.33 bits per heavy atom. The van der Waals surface area contributed by atoms with E-state index in [0.717, 1.165) is 15.9 Å². The maximum absolute atomic E-state index is 12.1. The van der Waals surface area contributed by atoms with Gasteiger partial charge in [0.1, 0.15) is 6.54 Å². The molecule has 0 saturated heterocycles. The lowest BCUT2D eigenvalue weighted by Gasteiger charge is -2.09. The maximum atomic E-state index is 12.1. The molecule has 0 spiro atoms. The summed E-state index contributed by atoms with van der Waals surface area (Å²) in [6.45, 7) is 3.51. The number of halogens is 1. The van der Waals surface area contributed by atoms with E-state index >= 15 is 0 Å². The zero-order valence-corrected chi connectivity index (χ0v) is 17.2. The fraction of sp³-hybridized carbons (Fsp3) is 0.312. The first-order valence-electron chi connectivity index (χ1n) is 8.01. The van der Waals surface area contributed by atoms with Crippen LogP contribution in [0.25, 0.3) is 0 Å². The van der Waals surface area contributed by atoms with Gasteiger partial charge >= 0.3 is 0 Å². The summed E-state index contributed by atoms with van der Waals surface area (Å²) in [4.78, 5) is 23.7. The quantitative estimate of drug-likeness (QED) is 0.530. The number of hydrogen-bond donors (Lipinski definition) is 3. The molecule has 0 aliphatic rings. The number of hydrazine groups is 1. The van der Waals surface area contributed by atoms with E-state index in [0.29, 0.717) is 0 Å². The van der Waals surface area contributed by atoms with Gasteiger partial charge in [0.15, 0.2) is 0 Å². The van der Waals surface area contributed by atoms with Gasteiger partial charge in [-0.3, -0.25) is 25.1 Å². The van der Waals surface area contributed by atoms with E-state index in [1.807, 2.05) is 19.9 Å². The van der Waals surface area contributed by atoms with Crippen LogP contribution in [0.3, 0.4) is 0 Å². The lowest BCUT2D eigenvalue weighted by Crippen LogP contribution is -2.44. The Morgan fingerprint density at radius 2 is 1.74 bits per heavy atom. The second-order valence-electron chi connectivity index (χ2n) is 5.78. The predicted molar refractivity (Wildman–Crippen MR) is 102 cm³/mol. The molecule has 146 valence electrons. The van der Waals surface area contributed by atoms with E-state index in [1.54, 1.807) is 12.1 Å². The average molecular weight is 458 g/mol. The van der Waals surface area contributed by atoms with Crippen molar-refractivity contribution < 1.29 is 18.0 Å². The summed E-state index contributed by atoms with van der Waals surface area (Å²) in [5, 5.41) is 4.15. The molecule has 2 aromatic rings. The van der Waals surface area contributed by atoms with Crippen LogP contribution < -0.4 is 15.6 Å². The summed E-state index contributed by atoms with van der Waals surface area (Å²) in [6.07, 6.45) is -0.129. The summed E-state index contributed by atoms with van der Waals surface area (Å²) >= 11 is 3.23. The third-order valence-electron chi connectivity index (χ3n) is 3.51. The number of nitrogens with one attached hydrogen (secondary N) is 3. The van der Waals surface area contributed by atoms with Crippen LogP contribution in [0.1, 0.15) is 17.8 Å². The summed E-state index contributed by atoms with van der Waals surface area (Å²) in [5.74, 6) is -0.958. The van der Waals surface area contributed by atoms with Crippen molar-refractivity contribution in [3.63, 3.8) is 0 Å². The highest BCUT2D eigenvalue weighted by Crippen LogP contribution is 2.14. The minimum atomic E-state index is -3.70. The number of rotatable bonds is 7. The first kappa shape index (κ1) is 21.1. The largest absolute Gasteiger partial charge is 0.273 e. The van der Waals surface area contributed by atoms with Gasteiger partial charge in [-0.25, -0.2) is 13.1 Å². The number of aryl methyl sites for hydroxylation is 2. The van der Waals surface area contributed by atoms with Crippen LogP contribution in [0.2, 0.25) is 0 Å². The van der Waals surface area contributed by atoms with Crippen molar-refractivity contribution in [2.45, 2.75) is 31.7 Å². The number of sulfonamides is 1. The topological polar surface area (TPSA) is 122 Å². The highest BCUT2D eigenvalue weighted by Gasteiger charge is 2.14. The molecule has 0 atom stereocenters. The molecule has 3 N–H and O–H groups in total. The van der Waals surface area contributed by atoms with Crippen LogP contribution in [0, 0.1) is 13.8 Å². The first-order chi connectivity index (χ1) is 12.7. The number of hydrogen-bond acceptors (Lipinski definition) is 5. The molecule has 2 rings (SSSR count). The normalized spacial score (nSPS) is 11.2. The lowest BCUT2D eigenvalue weighted by atomic mass is 10.4. The number of nitrogens with zero attached hydrogens (tertiary/aromatic N) is 2. The van der Waals surface area contributed by atoms with Crippen molar-refractivity contribution in [2.24, 2.45) is 0 Å². The Morgan fingerprint density at radius 1 is 1.11 bits per heavy atom. The molecule has 0 saturated carbocycles. The van der Waals surface area contributed by atoms with Crippen LogP contribution in [0.4, 0.5) is 0 Å². The van der Waals surface area contributed by atoms with Crippen molar-refractivity contribution >= 4 is 37.8 Å². The van der Waals surface area contributed by atoms with Gasteiger partial charge < -0.3 is 0 Å². The molecule has 9 nitrogen and oxygen atoms in total. The number of amides is 2. The first-order valence-corrected chi connectivity index (χ1v) is 10.3. The second kappa shape index (κ2) is 9.11. The molecule has 0 fully saturated rings. The third kappa shape index (κ3) is 6.45. The summed E-state index contributed by atoms with van der Waals surface area (Å²) in [6, 6.07) is 7.96. The molecule has 1 aromatic heterocycles. The minimum Gasteiger partial charge on any atom is -0.273 e. The number of carbonyl (C=O) groups is 2. The summed E-state index contributed by atoms with van der Waals surface area (Å²) < 4.78 is 28.8. The van der Waals surface area contributed by atoms with E-state index in [9.17, 15) is 18.0 Å². The van der Waals surface area contributed by atoms with E-state index in [2.05, 4.69) is 36.6 Å². The SMILES string of the molecule is Cc1cc(C)n(CC(=O)NNC(=O)CCNS(=O)(=O)c2ccc(Br)cc2)n1. The fourth-order valence-electron chi connectivity index (χ4n) is 2.21. The third-order valence-corrected chi connectivity index (χ3v) is 5.51. The highest BCUT2D eigenvalue weighted by atomic mass is 79.9. The number of benzene rings is 1. The predicted octanol–water partition coefficient (Wildman–Crippen LogP) is 0.778. The summed E-state index contributed by atoms with van der Waals surface area (Å²) in [5.41, 5.74) is 6.14. The molecule has 27 heavy (non-hydrogen) atoms. The maximum Gasteiger partial charge on any atom is 0.260 e. The van der Waals surface area contributed by atoms with Gasteiger partial charge in [-0.05, 0) is 44.2 Å². The van der Waals surface area contributed by atoms with Crippen molar-refractivity contribution in [3.05, 3.63) is 46.2 Å². The van der Waals surface area contributed by atoms with Crippen LogP contribution in [0.15, 0.2) is 39.7 Å². The fourth-order valence-corrected chi connectivity index (χ4v) is 3.50. The Hall–Kier alpha value is -2.24. The molecular weight excluding hydrogens is 438 g/mol. The standard InChI is InChI=1S/C16H20BrN5O4S/c1-11-9-12(2)22(21-11)10-16(24)20-19-15(23)7-8-18-27(25,26)14-5-3-13(17)4-6-14/h3-6,9,18H,7-8,10H2,1-2H3,(H,19,23)(H,20,24). The lowest BCUT2D eigenvalue weighted by molar-refractivity contribution is -0.129. The van der Waals surface area contributed by atoms with Crippen molar-refractivity contribution in [3.8, 4) is 0 Å². The van der Waals surface area contributed by atoms with Crippen LogP contribution in [-0.2, 0) is 26.2 Å². The number of carbonyl (C=O) groups excluding carboxylic acids is 2. The second-order valence-corrected chi connectivity index (χ2v) is 8.47. The minimum absolute atomic E-state index is 0.0316. The molecular formula is C16H20BrN5O4S. The zero-order valence-electron chi connectivity index (χ0n) is 14.8. The molecule has 0 unspecified atom stereocenters. The summed E-state index contributed by atoms with van der Waals surface area (Å²) in [7, 11) is -3.70. The molecule has 0 aliphatic heterocycles. The zero-order chi connectivity index (χ0) is 20.0. The van der Waals surface area contributed by atoms with Gasteiger partial charge in [0.05, 0.1) is 10.6 Å². The molecule has 0 radical (unpaired) electrons. The van der Waals surface area contributed by atoms with Crippen molar-refractivity contribution in [1.29, 1.82) is 0 Å². The van der Waals surface area contributed by atoms with E-state index in [4.69, 9.17) is 0 Å². The molecule has 1 heterocycles. The number of aromatic nitrogens is 2. The van der Waals surface area contributed by atoms with Crippen LogP contribution in [-0.4, -0.2) is 36.6 Å². The Kier molecular flexibility index (Phi) is 7.11.